The van der Waals surface area contributed by atoms with Crippen LogP contribution in [-0.2, 0) is 23.9 Å². The number of carbonyl (C=O) groups excluding carboxylic acids is 2. The Balaban J connectivity index is 0. The standard InChI is InChI=1S/C54H107NO4.CH2O2/c1-8-12-28-37-50(38-29-13-9-2)41-32-24-20-17-16-18-21-25-33-42-52(59-54(57)45-36-47-55(7)49(5)6)43-34-26-22-19-23-27-35-44-53(56)58-48-46-51(39-30-14-10-3)40-31-15-11-4;2-1-3/h49-52H,8-48H2,1-7H3;1H,(H,2,3). The maximum absolute atomic E-state index is 12.8. The molecule has 0 aliphatic heterocycles. The second-order valence-electron chi connectivity index (χ2n) is 19.4. The van der Waals surface area contributed by atoms with Gasteiger partial charge >= 0.3 is 11.9 Å². The lowest BCUT2D eigenvalue weighted by Gasteiger charge is -2.21. The van der Waals surface area contributed by atoms with Crippen LogP contribution in [0, 0.1) is 11.8 Å². The van der Waals surface area contributed by atoms with Crippen molar-refractivity contribution in [2.24, 2.45) is 11.8 Å². The molecule has 0 bridgehead atoms. The molecule has 0 aliphatic rings. The van der Waals surface area contributed by atoms with Gasteiger partial charge in [-0.15, -0.1) is 0 Å². The molecule has 0 saturated carbocycles. The number of esters is 2. The van der Waals surface area contributed by atoms with E-state index in [1.54, 1.807) is 0 Å². The van der Waals surface area contributed by atoms with Gasteiger partial charge in [0.2, 0.25) is 0 Å². The maximum Gasteiger partial charge on any atom is 0.306 e. The van der Waals surface area contributed by atoms with Crippen molar-refractivity contribution in [3.05, 3.63) is 0 Å². The first-order chi connectivity index (χ1) is 30.2. The molecule has 0 aromatic carbocycles. The van der Waals surface area contributed by atoms with E-state index in [1.165, 1.54) is 193 Å². The number of carbonyl (C=O) groups is 3. The monoisotopic (exact) mass is 880 g/mol. The largest absolute Gasteiger partial charge is 0.483 e. The molecule has 1 unspecified atom stereocenters. The molecule has 7 heteroatoms. The minimum Gasteiger partial charge on any atom is -0.483 e. The summed E-state index contributed by atoms with van der Waals surface area (Å²) in [6.07, 6.45) is 48.4. The van der Waals surface area contributed by atoms with Crippen molar-refractivity contribution in [2.45, 2.75) is 304 Å². The lowest BCUT2D eigenvalue weighted by atomic mass is 9.90. The summed E-state index contributed by atoms with van der Waals surface area (Å²) in [5.74, 6) is 1.69. The molecule has 0 rings (SSSR count). The van der Waals surface area contributed by atoms with Crippen LogP contribution in [0.15, 0.2) is 0 Å². The molecule has 0 radical (unpaired) electrons. The highest BCUT2D eigenvalue weighted by molar-refractivity contribution is 5.69. The molecule has 0 aromatic rings. The van der Waals surface area contributed by atoms with Gasteiger partial charge in [-0.05, 0) is 84.2 Å². The molecular formula is C55H109NO6. The Morgan fingerprint density at radius 1 is 0.468 bits per heavy atom. The Labute approximate surface area is 387 Å². The third-order valence-electron chi connectivity index (χ3n) is 13.3. The molecule has 0 aliphatic carbocycles. The normalized spacial score (nSPS) is 12.0. The van der Waals surface area contributed by atoms with E-state index in [0.29, 0.717) is 31.4 Å². The SMILES string of the molecule is CCCCCC(CCCCC)CCCCCCCCCCCC(CCCCCCCCCC(=O)OCCC(CCCCC)CCCCC)OC(=O)CCCN(C)C(C)C.O=CO. The Morgan fingerprint density at radius 2 is 0.790 bits per heavy atom. The first-order valence-corrected chi connectivity index (χ1v) is 27.3. The smallest absolute Gasteiger partial charge is 0.306 e. The highest BCUT2D eigenvalue weighted by atomic mass is 16.5. The molecule has 0 heterocycles. The van der Waals surface area contributed by atoms with Crippen LogP contribution in [0.4, 0.5) is 0 Å². The molecule has 0 aromatic heterocycles. The van der Waals surface area contributed by atoms with Crippen molar-refractivity contribution in [1.82, 2.24) is 4.90 Å². The fourth-order valence-electron chi connectivity index (χ4n) is 8.82. The predicted molar refractivity (Wildman–Crippen MR) is 267 cm³/mol. The summed E-state index contributed by atoms with van der Waals surface area (Å²) < 4.78 is 11.8. The van der Waals surface area contributed by atoms with Crippen LogP contribution >= 0.6 is 0 Å². The zero-order valence-corrected chi connectivity index (χ0v) is 42.8. The fourth-order valence-corrected chi connectivity index (χ4v) is 8.82. The molecular weight excluding hydrogens is 771 g/mol. The molecule has 1 N–H and O–H groups in total. The molecule has 370 valence electrons. The van der Waals surface area contributed by atoms with Gasteiger partial charge in [-0.3, -0.25) is 14.4 Å². The Kier molecular flexibility index (Phi) is 50.7. The van der Waals surface area contributed by atoms with Gasteiger partial charge in [0.1, 0.15) is 6.10 Å². The van der Waals surface area contributed by atoms with Crippen LogP contribution in [0.1, 0.15) is 292 Å². The van der Waals surface area contributed by atoms with Crippen molar-refractivity contribution in [1.29, 1.82) is 0 Å². The quantitative estimate of drug-likeness (QED) is 0.0370. The summed E-state index contributed by atoms with van der Waals surface area (Å²) in [5.41, 5.74) is 0. The van der Waals surface area contributed by atoms with Gasteiger partial charge in [0.25, 0.3) is 6.47 Å². The summed E-state index contributed by atoms with van der Waals surface area (Å²) in [5, 5.41) is 6.89. The van der Waals surface area contributed by atoms with E-state index in [-0.39, 0.29) is 24.5 Å². The summed E-state index contributed by atoms with van der Waals surface area (Å²) in [7, 11) is 2.13. The van der Waals surface area contributed by atoms with Gasteiger partial charge in [-0.2, -0.15) is 0 Å². The number of hydrogen-bond acceptors (Lipinski definition) is 6. The fraction of sp³-hybridized carbons (Fsp3) is 0.945. The average molecular weight is 880 g/mol. The van der Waals surface area contributed by atoms with E-state index < -0.39 is 0 Å². The van der Waals surface area contributed by atoms with Gasteiger partial charge in [0.05, 0.1) is 6.61 Å². The Bertz CT molecular complexity index is 907. The maximum atomic E-state index is 12.8. The third kappa shape index (κ3) is 46.4. The highest BCUT2D eigenvalue weighted by Crippen LogP contribution is 2.25. The predicted octanol–water partition coefficient (Wildman–Crippen LogP) is 17.0. The summed E-state index contributed by atoms with van der Waals surface area (Å²) in [4.78, 5) is 35.9. The Hall–Kier alpha value is -1.63. The number of ether oxygens (including phenoxy) is 2. The zero-order valence-electron chi connectivity index (χ0n) is 42.8. The molecule has 0 saturated heterocycles. The minimum absolute atomic E-state index is 0.00141. The van der Waals surface area contributed by atoms with Crippen molar-refractivity contribution in [2.75, 3.05) is 20.2 Å². The molecule has 7 nitrogen and oxygen atoms in total. The second kappa shape index (κ2) is 50.4. The minimum atomic E-state index is -0.250. The topological polar surface area (TPSA) is 93.1 Å². The van der Waals surface area contributed by atoms with Crippen LogP contribution in [-0.4, -0.2) is 60.8 Å². The molecule has 62 heavy (non-hydrogen) atoms. The molecule has 1 atom stereocenters. The number of carboxylic acid groups (broad SMARTS) is 1. The Morgan fingerprint density at radius 3 is 1.18 bits per heavy atom. The zero-order chi connectivity index (χ0) is 46.2. The van der Waals surface area contributed by atoms with E-state index in [1.807, 2.05) is 0 Å². The number of rotatable bonds is 47. The van der Waals surface area contributed by atoms with Crippen molar-refractivity contribution >= 4 is 18.4 Å². The van der Waals surface area contributed by atoms with E-state index in [9.17, 15) is 9.59 Å². The van der Waals surface area contributed by atoms with Gasteiger partial charge in [-0.1, -0.05) is 220 Å². The lowest BCUT2D eigenvalue weighted by molar-refractivity contribution is -0.150. The van der Waals surface area contributed by atoms with E-state index in [4.69, 9.17) is 19.4 Å². The lowest BCUT2D eigenvalue weighted by Crippen LogP contribution is -2.28. The van der Waals surface area contributed by atoms with E-state index >= 15 is 0 Å². The average Bonchev–Trinajstić information content (AvgIpc) is 3.24. The van der Waals surface area contributed by atoms with Crippen molar-refractivity contribution in [3.63, 3.8) is 0 Å². The second-order valence-corrected chi connectivity index (χ2v) is 19.4. The van der Waals surface area contributed by atoms with Gasteiger partial charge in [-0.25, -0.2) is 0 Å². The van der Waals surface area contributed by atoms with E-state index in [2.05, 4.69) is 53.5 Å². The molecule has 0 spiro atoms. The van der Waals surface area contributed by atoms with Crippen LogP contribution < -0.4 is 0 Å². The van der Waals surface area contributed by atoms with Crippen LogP contribution in [0.3, 0.4) is 0 Å². The van der Waals surface area contributed by atoms with Crippen LogP contribution in [0.5, 0.6) is 0 Å². The van der Waals surface area contributed by atoms with Gasteiger partial charge < -0.3 is 19.5 Å². The van der Waals surface area contributed by atoms with Gasteiger partial charge in [0.15, 0.2) is 0 Å². The van der Waals surface area contributed by atoms with Gasteiger partial charge in [0, 0.05) is 18.9 Å². The summed E-state index contributed by atoms with van der Waals surface area (Å²) in [6, 6.07) is 0.501. The van der Waals surface area contributed by atoms with E-state index in [0.717, 1.165) is 57.4 Å². The molecule has 0 amide bonds. The first-order valence-electron chi connectivity index (χ1n) is 27.3. The third-order valence-corrected chi connectivity index (χ3v) is 13.3. The van der Waals surface area contributed by atoms with Crippen LogP contribution in [0.25, 0.3) is 0 Å². The summed E-state index contributed by atoms with van der Waals surface area (Å²) in [6.45, 7) is 14.9. The first kappa shape index (κ1) is 62.5. The molecule has 0 fully saturated rings. The number of hydrogen-bond donors (Lipinski definition) is 1. The highest BCUT2D eigenvalue weighted by Gasteiger charge is 2.16. The number of nitrogens with zero attached hydrogens (tertiary/aromatic N) is 1. The van der Waals surface area contributed by atoms with Crippen molar-refractivity contribution in [3.8, 4) is 0 Å². The summed E-state index contributed by atoms with van der Waals surface area (Å²) >= 11 is 0. The van der Waals surface area contributed by atoms with Crippen LogP contribution in [0.2, 0.25) is 0 Å². The number of unbranched alkanes of at least 4 members (excludes halogenated alkanes) is 22. The van der Waals surface area contributed by atoms with Crippen molar-refractivity contribution < 1.29 is 29.0 Å².